The molecule has 0 fully saturated rings. The molecular formula is C23H24F4N2O2. The van der Waals surface area contributed by atoms with E-state index in [1.807, 2.05) is 6.92 Å². The van der Waals surface area contributed by atoms with Crippen LogP contribution in [0.5, 0.6) is 0 Å². The number of methoxy groups -OCH3 is 1. The summed E-state index contributed by atoms with van der Waals surface area (Å²) in [7, 11) is 1.27. The molecule has 2 aromatic carbocycles. The predicted octanol–water partition coefficient (Wildman–Crippen LogP) is 5.81. The lowest BCUT2D eigenvalue weighted by atomic mass is 9.77. The molecule has 0 N–H and O–H groups in total. The normalized spacial score (nSPS) is 21.2. The molecule has 1 heterocycles. The first-order chi connectivity index (χ1) is 14.6. The summed E-state index contributed by atoms with van der Waals surface area (Å²) in [6.07, 6.45) is -2.18. The van der Waals surface area contributed by atoms with E-state index < -0.39 is 35.0 Å². The van der Waals surface area contributed by atoms with Gasteiger partial charge in [-0.3, -0.25) is 0 Å². The molecule has 4 nitrogen and oxygen atoms in total. The molecule has 2 atom stereocenters. The zero-order chi connectivity index (χ0) is 22.8. The van der Waals surface area contributed by atoms with Crippen molar-refractivity contribution in [1.29, 1.82) is 0 Å². The average Bonchev–Trinajstić information content (AvgIpc) is 3.05. The molecule has 1 aliphatic rings. The highest BCUT2D eigenvalue weighted by Crippen LogP contribution is 2.43. The highest BCUT2D eigenvalue weighted by Gasteiger charge is 2.54. The van der Waals surface area contributed by atoms with Crippen molar-refractivity contribution in [2.24, 2.45) is 11.0 Å². The maximum absolute atomic E-state index is 13.5. The molecule has 166 valence electrons. The van der Waals surface area contributed by atoms with Gasteiger partial charge in [-0.15, -0.1) is 0 Å². The summed E-state index contributed by atoms with van der Waals surface area (Å²) >= 11 is 0. The lowest BCUT2D eigenvalue weighted by Gasteiger charge is -2.36. The molecule has 31 heavy (non-hydrogen) atoms. The van der Waals surface area contributed by atoms with Crippen molar-refractivity contribution >= 4 is 17.4 Å². The Labute approximate surface area is 178 Å². The van der Waals surface area contributed by atoms with Gasteiger partial charge in [0.15, 0.2) is 5.54 Å². The van der Waals surface area contributed by atoms with Gasteiger partial charge in [-0.2, -0.15) is 18.3 Å². The van der Waals surface area contributed by atoms with E-state index in [0.29, 0.717) is 23.4 Å². The van der Waals surface area contributed by atoms with Crippen LogP contribution in [-0.4, -0.2) is 24.3 Å². The third kappa shape index (κ3) is 4.29. The minimum Gasteiger partial charge on any atom is -0.467 e. The van der Waals surface area contributed by atoms with E-state index in [1.54, 1.807) is 19.1 Å². The topological polar surface area (TPSA) is 41.9 Å². The Morgan fingerprint density at radius 3 is 2.26 bits per heavy atom. The summed E-state index contributed by atoms with van der Waals surface area (Å²) in [6, 6.07) is 10.3. The van der Waals surface area contributed by atoms with Crippen LogP contribution in [0.2, 0.25) is 0 Å². The van der Waals surface area contributed by atoms with Crippen molar-refractivity contribution < 1.29 is 27.1 Å². The highest BCUT2D eigenvalue weighted by atomic mass is 19.4. The number of benzene rings is 2. The number of unbranched alkanes of at least 4 members (excludes halogenated alkanes) is 1. The molecule has 2 aromatic rings. The number of hydrazone groups is 1. The molecule has 0 saturated carbocycles. The second kappa shape index (κ2) is 8.69. The number of carbonyl (C=O) groups is 1. The minimum atomic E-state index is -4.47. The SMILES string of the molecule is CCCCC1C(c2ccc(F)cc2)=NN(c2ccc(C(F)(F)F)cc2)C1(C)C(=O)OC. The van der Waals surface area contributed by atoms with Crippen LogP contribution in [0.25, 0.3) is 0 Å². The van der Waals surface area contributed by atoms with Crippen LogP contribution in [0.1, 0.15) is 44.2 Å². The molecule has 1 aliphatic heterocycles. The largest absolute Gasteiger partial charge is 0.467 e. The molecule has 0 bridgehead atoms. The summed E-state index contributed by atoms with van der Waals surface area (Å²) in [6.45, 7) is 3.70. The van der Waals surface area contributed by atoms with Crippen LogP contribution in [0.4, 0.5) is 23.2 Å². The number of carbonyl (C=O) groups excluding carboxylic acids is 1. The molecule has 0 amide bonds. The molecule has 0 radical (unpaired) electrons. The first-order valence-corrected chi connectivity index (χ1v) is 10.0. The third-order valence-electron chi connectivity index (χ3n) is 5.68. The molecule has 2 unspecified atom stereocenters. The number of rotatable bonds is 6. The van der Waals surface area contributed by atoms with E-state index in [2.05, 4.69) is 5.10 Å². The van der Waals surface area contributed by atoms with Crippen molar-refractivity contribution in [3.05, 3.63) is 65.5 Å². The van der Waals surface area contributed by atoms with Gasteiger partial charge in [-0.25, -0.2) is 14.2 Å². The molecule has 0 aromatic heterocycles. The van der Waals surface area contributed by atoms with E-state index in [1.165, 1.54) is 36.4 Å². The highest BCUT2D eigenvalue weighted by molar-refractivity contribution is 6.09. The average molecular weight is 436 g/mol. The second-order valence-corrected chi connectivity index (χ2v) is 7.68. The van der Waals surface area contributed by atoms with Crippen LogP contribution in [0, 0.1) is 11.7 Å². The van der Waals surface area contributed by atoms with Crippen molar-refractivity contribution in [3.63, 3.8) is 0 Å². The van der Waals surface area contributed by atoms with Gasteiger partial charge in [-0.05, 0) is 55.3 Å². The van der Waals surface area contributed by atoms with Crippen molar-refractivity contribution in [2.45, 2.75) is 44.8 Å². The van der Waals surface area contributed by atoms with E-state index in [-0.39, 0.29) is 0 Å². The Balaban J connectivity index is 2.13. The fourth-order valence-corrected chi connectivity index (χ4v) is 3.95. The first kappa shape index (κ1) is 22.8. The van der Waals surface area contributed by atoms with Gasteiger partial charge >= 0.3 is 12.1 Å². The molecule has 3 rings (SSSR count). The van der Waals surface area contributed by atoms with Gasteiger partial charge in [0.1, 0.15) is 5.82 Å². The second-order valence-electron chi connectivity index (χ2n) is 7.68. The number of hydrogen-bond donors (Lipinski definition) is 0. The monoisotopic (exact) mass is 436 g/mol. The van der Waals surface area contributed by atoms with Gasteiger partial charge in [-0.1, -0.05) is 31.9 Å². The van der Waals surface area contributed by atoms with Crippen molar-refractivity contribution in [3.8, 4) is 0 Å². The Hall–Kier alpha value is -2.90. The summed E-state index contributed by atoms with van der Waals surface area (Å²) in [5.41, 5.74) is -0.513. The van der Waals surface area contributed by atoms with Crippen LogP contribution >= 0.6 is 0 Å². The zero-order valence-corrected chi connectivity index (χ0v) is 17.5. The smallest absolute Gasteiger partial charge is 0.416 e. The fraction of sp³-hybridized carbons (Fsp3) is 0.391. The molecular weight excluding hydrogens is 412 g/mol. The van der Waals surface area contributed by atoms with Crippen LogP contribution < -0.4 is 5.01 Å². The van der Waals surface area contributed by atoms with Gasteiger partial charge < -0.3 is 4.74 Å². The van der Waals surface area contributed by atoms with Gasteiger partial charge in [0.05, 0.1) is 24.1 Å². The maximum Gasteiger partial charge on any atom is 0.416 e. The number of hydrogen-bond acceptors (Lipinski definition) is 4. The van der Waals surface area contributed by atoms with Gasteiger partial charge in [0, 0.05) is 5.92 Å². The Kier molecular flexibility index (Phi) is 6.38. The fourth-order valence-electron chi connectivity index (χ4n) is 3.95. The van der Waals surface area contributed by atoms with Gasteiger partial charge in [0.2, 0.25) is 0 Å². The van der Waals surface area contributed by atoms with Crippen molar-refractivity contribution in [2.75, 3.05) is 12.1 Å². The number of esters is 1. The Morgan fingerprint density at radius 2 is 1.74 bits per heavy atom. The minimum absolute atomic E-state index is 0.333. The number of halogens is 4. The predicted molar refractivity (Wildman–Crippen MR) is 110 cm³/mol. The zero-order valence-electron chi connectivity index (χ0n) is 17.5. The molecule has 0 saturated heterocycles. The quantitative estimate of drug-likeness (QED) is 0.424. The summed E-state index contributed by atoms with van der Waals surface area (Å²) in [5, 5.41) is 6.08. The van der Waals surface area contributed by atoms with E-state index in [4.69, 9.17) is 4.74 Å². The van der Waals surface area contributed by atoms with Crippen LogP contribution in [-0.2, 0) is 15.7 Å². The standard InChI is InChI=1S/C23H24F4N2O2/c1-4-5-6-19-20(15-7-11-17(24)12-8-15)28-29(22(19,2)21(30)31-3)18-13-9-16(10-14-18)23(25,26)27/h7-14,19H,4-6H2,1-3H3. The number of alkyl halides is 3. The summed E-state index contributed by atoms with van der Waals surface area (Å²) in [5.74, 6) is -1.34. The van der Waals surface area contributed by atoms with E-state index >= 15 is 0 Å². The molecule has 8 heteroatoms. The third-order valence-corrected chi connectivity index (χ3v) is 5.68. The van der Waals surface area contributed by atoms with Crippen LogP contribution in [0.3, 0.4) is 0 Å². The number of nitrogens with zero attached hydrogens (tertiary/aromatic N) is 2. The number of ether oxygens (including phenoxy) is 1. The Bertz CT molecular complexity index is 955. The summed E-state index contributed by atoms with van der Waals surface area (Å²) in [4.78, 5) is 13.0. The first-order valence-electron chi connectivity index (χ1n) is 10.0. The summed E-state index contributed by atoms with van der Waals surface area (Å²) < 4.78 is 57.6. The number of anilines is 1. The lowest BCUT2D eigenvalue weighted by Crippen LogP contribution is -2.53. The van der Waals surface area contributed by atoms with Gasteiger partial charge in [0.25, 0.3) is 0 Å². The lowest BCUT2D eigenvalue weighted by molar-refractivity contribution is -0.147. The van der Waals surface area contributed by atoms with Crippen molar-refractivity contribution in [1.82, 2.24) is 0 Å². The van der Waals surface area contributed by atoms with E-state index in [9.17, 15) is 22.4 Å². The molecule has 0 aliphatic carbocycles. The van der Waals surface area contributed by atoms with E-state index in [0.717, 1.165) is 25.0 Å². The molecule has 0 spiro atoms. The van der Waals surface area contributed by atoms with Crippen LogP contribution in [0.15, 0.2) is 53.6 Å². The maximum atomic E-state index is 13.5. The Morgan fingerprint density at radius 1 is 1.13 bits per heavy atom.